The molecular formula is C21H19N3O4. The molecule has 0 unspecified atom stereocenters. The van der Waals surface area contributed by atoms with Gasteiger partial charge in [-0.3, -0.25) is 4.79 Å². The van der Waals surface area contributed by atoms with E-state index in [2.05, 4.69) is 9.97 Å². The number of rotatable bonds is 2. The molecule has 1 fully saturated rings. The maximum absolute atomic E-state index is 12.9. The van der Waals surface area contributed by atoms with Crippen molar-refractivity contribution in [1.29, 1.82) is 0 Å². The van der Waals surface area contributed by atoms with Gasteiger partial charge in [0.1, 0.15) is 5.69 Å². The molecule has 1 saturated heterocycles. The Morgan fingerprint density at radius 3 is 2.93 bits per heavy atom. The van der Waals surface area contributed by atoms with E-state index in [1.54, 1.807) is 17.2 Å². The number of hydrogen-bond acceptors (Lipinski definition) is 6. The lowest BCUT2D eigenvalue weighted by Crippen LogP contribution is -2.46. The first-order chi connectivity index (χ1) is 13.7. The summed E-state index contributed by atoms with van der Waals surface area (Å²) in [5.41, 5.74) is 1.89. The molecule has 0 radical (unpaired) electrons. The Kier molecular flexibility index (Phi) is 4.09. The van der Waals surface area contributed by atoms with Gasteiger partial charge in [0.05, 0.1) is 6.10 Å². The van der Waals surface area contributed by atoms with Crippen molar-refractivity contribution in [2.24, 2.45) is 0 Å². The molecule has 0 bridgehead atoms. The molecule has 2 aliphatic heterocycles. The Labute approximate surface area is 161 Å². The number of ether oxygens (including phenoxy) is 2. The molecule has 0 spiro atoms. The standard InChI is InChI=1S/C21H19N3O4/c25-17-11-24(21(26)16-5-3-13-2-1-8-22-20(13)23-16)9-7-15(17)14-4-6-18-19(10-14)28-12-27-18/h1-6,8,10,15,17,25H,7,9,11-12H2/t15-,17+/m0/s1. The Bertz CT molecular complexity index is 1050. The summed E-state index contributed by atoms with van der Waals surface area (Å²) in [7, 11) is 0. The monoisotopic (exact) mass is 377 g/mol. The molecule has 5 rings (SSSR count). The van der Waals surface area contributed by atoms with Gasteiger partial charge in [-0.05, 0) is 48.4 Å². The van der Waals surface area contributed by atoms with Crippen LogP contribution in [0.25, 0.3) is 11.0 Å². The smallest absolute Gasteiger partial charge is 0.272 e. The molecule has 142 valence electrons. The van der Waals surface area contributed by atoms with E-state index in [0.29, 0.717) is 30.1 Å². The first kappa shape index (κ1) is 16.9. The van der Waals surface area contributed by atoms with E-state index in [-0.39, 0.29) is 25.2 Å². The highest BCUT2D eigenvalue weighted by atomic mass is 16.7. The van der Waals surface area contributed by atoms with Gasteiger partial charge >= 0.3 is 0 Å². The molecule has 1 amide bonds. The predicted octanol–water partition coefficient (Wildman–Crippen LogP) is 2.35. The van der Waals surface area contributed by atoms with Gasteiger partial charge in [-0.1, -0.05) is 6.07 Å². The summed E-state index contributed by atoms with van der Waals surface area (Å²) < 4.78 is 10.8. The van der Waals surface area contributed by atoms with Crippen molar-refractivity contribution in [1.82, 2.24) is 14.9 Å². The Balaban J connectivity index is 1.32. The number of aliphatic hydroxyl groups excluding tert-OH is 1. The number of aromatic nitrogens is 2. The molecule has 0 aliphatic carbocycles. The van der Waals surface area contributed by atoms with Gasteiger partial charge < -0.3 is 19.5 Å². The lowest BCUT2D eigenvalue weighted by Gasteiger charge is -2.36. The second kappa shape index (κ2) is 6.76. The second-order valence-corrected chi connectivity index (χ2v) is 7.07. The molecule has 1 aromatic carbocycles. The molecule has 2 aromatic heterocycles. The van der Waals surface area contributed by atoms with Crippen molar-refractivity contribution in [3.05, 3.63) is 59.9 Å². The Morgan fingerprint density at radius 1 is 1.14 bits per heavy atom. The number of fused-ring (bicyclic) bond motifs is 2. The van der Waals surface area contributed by atoms with E-state index in [1.165, 1.54) is 0 Å². The van der Waals surface area contributed by atoms with Crippen molar-refractivity contribution in [2.45, 2.75) is 18.4 Å². The van der Waals surface area contributed by atoms with Crippen molar-refractivity contribution in [2.75, 3.05) is 19.9 Å². The van der Waals surface area contributed by atoms with E-state index < -0.39 is 6.10 Å². The van der Waals surface area contributed by atoms with Gasteiger partial charge in [0.2, 0.25) is 6.79 Å². The zero-order valence-electron chi connectivity index (χ0n) is 15.1. The zero-order chi connectivity index (χ0) is 19.1. The highest BCUT2D eigenvalue weighted by molar-refractivity contribution is 5.94. The quantitative estimate of drug-likeness (QED) is 0.738. The zero-order valence-corrected chi connectivity index (χ0v) is 15.1. The van der Waals surface area contributed by atoms with Gasteiger partial charge in [0.15, 0.2) is 17.1 Å². The van der Waals surface area contributed by atoms with E-state index in [4.69, 9.17) is 9.47 Å². The van der Waals surface area contributed by atoms with Crippen LogP contribution in [0.3, 0.4) is 0 Å². The minimum atomic E-state index is -0.656. The molecule has 3 aromatic rings. The third-order valence-corrected chi connectivity index (χ3v) is 5.38. The SMILES string of the molecule is O=C(c1ccc2cccnc2n1)N1CC[C@@H](c2ccc3c(c2)OCO3)[C@H](O)C1. The van der Waals surface area contributed by atoms with Gasteiger partial charge in [-0.25, -0.2) is 9.97 Å². The van der Waals surface area contributed by atoms with Crippen molar-refractivity contribution in [3.63, 3.8) is 0 Å². The summed E-state index contributed by atoms with van der Waals surface area (Å²) in [6.07, 6.45) is 1.67. The van der Waals surface area contributed by atoms with Crippen molar-refractivity contribution < 1.29 is 19.4 Å². The summed E-state index contributed by atoms with van der Waals surface area (Å²) in [6.45, 7) is 1.04. The van der Waals surface area contributed by atoms with Crippen LogP contribution >= 0.6 is 0 Å². The van der Waals surface area contributed by atoms with Crippen LogP contribution in [-0.4, -0.2) is 51.9 Å². The van der Waals surface area contributed by atoms with Gasteiger partial charge in [0, 0.05) is 30.6 Å². The highest BCUT2D eigenvalue weighted by Crippen LogP contribution is 2.37. The van der Waals surface area contributed by atoms with Gasteiger partial charge in [0.25, 0.3) is 5.91 Å². The van der Waals surface area contributed by atoms with Crippen molar-refractivity contribution in [3.8, 4) is 11.5 Å². The predicted molar refractivity (Wildman–Crippen MR) is 101 cm³/mol. The molecule has 2 atom stereocenters. The highest BCUT2D eigenvalue weighted by Gasteiger charge is 2.32. The molecule has 28 heavy (non-hydrogen) atoms. The Morgan fingerprint density at radius 2 is 2.04 bits per heavy atom. The number of carbonyl (C=O) groups is 1. The van der Waals surface area contributed by atoms with Crippen LogP contribution in [0, 0.1) is 0 Å². The van der Waals surface area contributed by atoms with E-state index in [9.17, 15) is 9.90 Å². The normalized spacial score (nSPS) is 21.1. The van der Waals surface area contributed by atoms with Gasteiger partial charge in [-0.2, -0.15) is 0 Å². The number of nitrogens with zero attached hydrogens (tertiary/aromatic N) is 3. The first-order valence-electron chi connectivity index (χ1n) is 9.28. The van der Waals surface area contributed by atoms with Crippen LogP contribution in [0.4, 0.5) is 0 Å². The maximum atomic E-state index is 12.9. The fourth-order valence-electron chi connectivity index (χ4n) is 3.88. The molecular weight excluding hydrogens is 358 g/mol. The number of piperidine rings is 1. The van der Waals surface area contributed by atoms with Crippen LogP contribution in [0.1, 0.15) is 28.4 Å². The summed E-state index contributed by atoms with van der Waals surface area (Å²) in [5.74, 6) is 1.19. The first-order valence-corrected chi connectivity index (χ1v) is 9.28. The molecule has 2 aliphatic rings. The minimum Gasteiger partial charge on any atom is -0.454 e. The molecule has 0 saturated carbocycles. The number of pyridine rings is 2. The number of amides is 1. The number of likely N-dealkylation sites (tertiary alicyclic amines) is 1. The number of hydrogen-bond donors (Lipinski definition) is 1. The summed E-state index contributed by atoms with van der Waals surface area (Å²) >= 11 is 0. The number of β-amino-alcohol motifs (C(OH)–C–C–N with tert-alkyl or cyclic N) is 1. The average molecular weight is 377 g/mol. The van der Waals surface area contributed by atoms with Crippen molar-refractivity contribution >= 4 is 16.9 Å². The largest absolute Gasteiger partial charge is 0.454 e. The lowest BCUT2D eigenvalue weighted by molar-refractivity contribution is 0.0378. The van der Waals surface area contributed by atoms with E-state index in [0.717, 1.165) is 16.7 Å². The number of benzene rings is 1. The van der Waals surface area contributed by atoms with E-state index >= 15 is 0 Å². The lowest BCUT2D eigenvalue weighted by atomic mass is 9.87. The van der Waals surface area contributed by atoms with Crippen LogP contribution in [-0.2, 0) is 0 Å². The fourth-order valence-corrected chi connectivity index (χ4v) is 3.88. The maximum Gasteiger partial charge on any atom is 0.272 e. The minimum absolute atomic E-state index is 0.0511. The van der Waals surface area contributed by atoms with Crippen LogP contribution in [0.2, 0.25) is 0 Å². The fraction of sp³-hybridized carbons (Fsp3) is 0.286. The second-order valence-electron chi connectivity index (χ2n) is 7.07. The van der Waals surface area contributed by atoms with Crippen LogP contribution < -0.4 is 9.47 Å². The van der Waals surface area contributed by atoms with Crippen LogP contribution in [0.5, 0.6) is 11.5 Å². The number of aliphatic hydroxyl groups is 1. The third kappa shape index (κ3) is 2.93. The molecule has 4 heterocycles. The summed E-state index contributed by atoms with van der Waals surface area (Å²) in [6, 6.07) is 13.0. The number of carbonyl (C=O) groups excluding carboxylic acids is 1. The topological polar surface area (TPSA) is 84.8 Å². The average Bonchev–Trinajstić information content (AvgIpc) is 3.20. The van der Waals surface area contributed by atoms with Gasteiger partial charge in [-0.15, -0.1) is 0 Å². The van der Waals surface area contributed by atoms with E-state index in [1.807, 2.05) is 36.4 Å². The molecule has 1 N–H and O–H groups in total. The van der Waals surface area contributed by atoms with Crippen LogP contribution in [0.15, 0.2) is 48.7 Å². The third-order valence-electron chi connectivity index (χ3n) is 5.38. The molecule has 7 heteroatoms. The summed E-state index contributed by atoms with van der Waals surface area (Å²) in [4.78, 5) is 23.1. The molecule has 7 nitrogen and oxygen atoms in total. The summed E-state index contributed by atoms with van der Waals surface area (Å²) in [5, 5.41) is 11.6. The Hall–Kier alpha value is -3.19.